The van der Waals surface area contributed by atoms with E-state index >= 15 is 0 Å². The minimum Gasteiger partial charge on any atom is -0.396 e. The maximum absolute atomic E-state index is 8.83. The molecule has 1 aromatic heterocycles. The molecule has 0 saturated carbocycles. The third kappa shape index (κ3) is 4.61. The quantitative estimate of drug-likeness (QED) is 0.760. The normalized spacial score (nSPS) is 15.7. The lowest BCUT2D eigenvalue weighted by atomic mass is 10.0. The average Bonchev–Trinajstić information content (AvgIpc) is 2.98. The van der Waals surface area contributed by atoms with E-state index in [-0.39, 0.29) is 0 Å². The Balaban J connectivity index is 1.53. The van der Waals surface area contributed by atoms with E-state index in [4.69, 9.17) is 5.11 Å². The number of nitrogens with zero attached hydrogens (tertiary/aromatic N) is 3. The predicted molar refractivity (Wildman–Crippen MR) is 103 cm³/mol. The minimum atomic E-state index is 0.299. The molecule has 2 N–H and O–H groups in total. The Morgan fingerprint density at radius 1 is 1.08 bits per heavy atom. The van der Waals surface area contributed by atoms with Crippen molar-refractivity contribution in [1.29, 1.82) is 0 Å². The first kappa shape index (κ1) is 18.0. The summed E-state index contributed by atoms with van der Waals surface area (Å²) in [5.41, 5.74) is 4.63. The van der Waals surface area contributed by atoms with Crippen LogP contribution in [0, 0.1) is 13.8 Å². The number of benzene rings is 1. The van der Waals surface area contributed by atoms with E-state index < -0.39 is 0 Å². The van der Waals surface area contributed by atoms with Crippen molar-refractivity contribution < 1.29 is 5.11 Å². The van der Waals surface area contributed by atoms with Gasteiger partial charge in [-0.05, 0) is 76.4 Å². The maximum Gasteiger partial charge on any atom is 0.0650 e. The van der Waals surface area contributed by atoms with Gasteiger partial charge in [-0.2, -0.15) is 5.10 Å². The summed E-state index contributed by atoms with van der Waals surface area (Å²) in [6.07, 6.45) is 4.31. The van der Waals surface area contributed by atoms with Gasteiger partial charge in [0.2, 0.25) is 0 Å². The second kappa shape index (κ2) is 8.50. The molecule has 3 rings (SSSR count). The Morgan fingerprint density at radius 3 is 2.36 bits per heavy atom. The summed E-state index contributed by atoms with van der Waals surface area (Å²) in [5, 5.41) is 17.0. The average molecular weight is 342 g/mol. The Bertz CT molecular complexity index is 657. The Hall–Kier alpha value is -1.85. The molecular weight excluding hydrogens is 312 g/mol. The predicted octanol–water partition coefficient (Wildman–Crippen LogP) is 2.82. The van der Waals surface area contributed by atoms with Crippen LogP contribution in [0.1, 0.15) is 37.1 Å². The van der Waals surface area contributed by atoms with E-state index in [0.717, 1.165) is 43.9 Å². The van der Waals surface area contributed by atoms with Crippen LogP contribution in [0.5, 0.6) is 0 Å². The van der Waals surface area contributed by atoms with Crippen LogP contribution in [0.25, 0.3) is 5.69 Å². The lowest BCUT2D eigenvalue weighted by molar-refractivity contribution is 0.281. The standard InChI is InChI=1S/C20H30N4O/c1-16-15-17(2)24(22-16)20-7-5-19(6-8-20)23-12-9-18(10-13-23)21-11-3-4-14-25/h5-8,15,18,21,25H,3-4,9-14H2,1-2H3. The number of hydrogen-bond acceptors (Lipinski definition) is 4. The van der Waals surface area contributed by atoms with Gasteiger partial charge in [-0.1, -0.05) is 0 Å². The number of anilines is 1. The number of aromatic nitrogens is 2. The summed E-state index contributed by atoms with van der Waals surface area (Å²) in [7, 11) is 0. The molecule has 25 heavy (non-hydrogen) atoms. The van der Waals surface area contributed by atoms with Gasteiger partial charge < -0.3 is 15.3 Å². The zero-order valence-corrected chi connectivity index (χ0v) is 15.4. The van der Waals surface area contributed by atoms with Crippen LogP contribution in [0.15, 0.2) is 30.3 Å². The van der Waals surface area contributed by atoms with Gasteiger partial charge in [-0.15, -0.1) is 0 Å². The fourth-order valence-electron chi connectivity index (χ4n) is 3.58. The largest absolute Gasteiger partial charge is 0.396 e. The van der Waals surface area contributed by atoms with Crippen molar-refractivity contribution >= 4 is 5.69 Å². The van der Waals surface area contributed by atoms with E-state index in [1.807, 2.05) is 11.6 Å². The van der Waals surface area contributed by atoms with Gasteiger partial charge >= 0.3 is 0 Å². The molecule has 1 saturated heterocycles. The molecule has 0 bridgehead atoms. The monoisotopic (exact) mass is 342 g/mol. The zero-order chi connectivity index (χ0) is 17.6. The summed E-state index contributed by atoms with van der Waals surface area (Å²) in [6.45, 7) is 7.62. The van der Waals surface area contributed by atoms with E-state index in [1.54, 1.807) is 0 Å². The highest BCUT2D eigenvalue weighted by Crippen LogP contribution is 2.22. The zero-order valence-electron chi connectivity index (χ0n) is 15.4. The van der Waals surface area contributed by atoms with Crippen LogP contribution in [0.2, 0.25) is 0 Å². The molecule has 1 aliphatic heterocycles. The fraction of sp³-hybridized carbons (Fsp3) is 0.550. The third-order valence-electron chi connectivity index (χ3n) is 4.98. The van der Waals surface area contributed by atoms with E-state index in [0.29, 0.717) is 12.6 Å². The summed E-state index contributed by atoms with van der Waals surface area (Å²) in [4.78, 5) is 2.47. The summed E-state index contributed by atoms with van der Waals surface area (Å²) >= 11 is 0. The number of unbranched alkanes of at least 4 members (excludes halogenated alkanes) is 1. The second-order valence-corrected chi connectivity index (χ2v) is 7.00. The highest BCUT2D eigenvalue weighted by Gasteiger charge is 2.18. The van der Waals surface area contributed by atoms with Gasteiger partial charge in [0.15, 0.2) is 0 Å². The topological polar surface area (TPSA) is 53.3 Å². The maximum atomic E-state index is 8.83. The van der Waals surface area contributed by atoms with Crippen LogP contribution in [0.3, 0.4) is 0 Å². The lowest BCUT2D eigenvalue weighted by Gasteiger charge is -2.34. The summed E-state index contributed by atoms with van der Waals surface area (Å²) in [6, 6.07) is 11.5. The van der Waals surface area contributed by atoms with Gasteiger partial charge in [0.05, 0.1) is 11.4 Å². The molecule has 1 aromatic carbocycles. The number of rotatable bonds is 7. The van der Waals surface area contributed by atoms with Gasteiger partial charge in [0, 0.05) is 37.1 Å². The Labute approximate surface area is 150 Å². The molecule has 136 valence electrons. The molecule has 0 amide bonds. The van der Waals surface area contributed by atoms with Crippen molar-refractivity contribution in [2.24, 2.45) is 0 Å². The molecule has 5 heteroatoms. The SMILES string of the molecule is Cc1cc(C)n(-c2ccc(N3CCC(NCCCCO)CC3)cc2)n1. The van der Waals surface area contributed by atoms with Crippen molar-refractivity contribution in [3.05, 3.63) is 41.7 Å². The van der Waals surface area contributed by atoms with Crippen LogP contribution in [0.4, 0.5) is 5.69 Å². The van der Waals surface area contributed by atoms with E-state index in [9.17, 15) is 0 Å². The minimum absolute atomic E-state index is 0.299. The van der Waals surface area contributed by atoms with Crippen molar-refractivity contribution in [3.63, 3.8) is 0 Å². The summed E-state index contributed by atoms with van der Waals surface area (Å²) in [5.74, 6) is 0. The fourth-order valence-corrected chi connectivity index (χ4v) is 3.58. The molecule has 0 radical (unpaired) electrons. The molecule has 0 unspecified atom stereocenters. The molecule has 1 aliphatic rings. The first-order chi connectivity index (χ1) is 12.2. The first-order valence-corrected chi connectivity index (χ1v) is 9.40. The number of aliphatic hydroxyl groups excluding tert-OH is 1. The molecule has 2 heterocycles. The van der Waals surface area contributed by atoms with Crippen LogP contribution >= 0.6 is 0 Å². The number of aryl methyl sites for hydroxylation is 2. The van der Waals surface area contributed by atoms with Crippen molar-refractivity contribution in [2.45, 2.75) is 45.6 Å². The number of nitrogens with one attached hydrogen (secondary N) is 1. The number of piperidine rings is 1. The van der Waals surface area contributed by atoms with E-state index in [1.165, 1.54) is 24.2 Å². The van der Waals surface area contributed by atoms with Gasteiger partial charge in [-0.3, -0.25) is 0 Å². The highest BCUT2D eigenvalue weighted by atomic mass is 16.2. The van der Waals surface area contributed by atoms with Crippen molar-refractivity contribution in [3.8, 4) is 5.69 Å². The summed E-state index contributed by atoms with van der Waals surface area (Å²) < 4.78 is 2.00. The van der Waals surface area contributed by atoms with Crippen molar-refractivity contribution in [1.82, 2.24) is 15.1 Å². The first-order valence-electron chi connectivity index (χ1n) is 9.40. The van der Waals surface area contributed by atoms with Crippen molar-refractivity contribution in [2.75, 3.05) is 31.1 Å². The molecule has 0 atom stereocenters. The molecule has 2 aromatic rings. The second-order valence-electron chi connectivity index (χ2n) is 7.00. The van der Waals surface area contributed by atoms with Gasteiger partial charge in [0.25, 0.3) is 0 Å². The van der Waals surface area contributed by atoms with Crippen LogP contribution in [-0.4, -0.2) is 47.2 Å². The third-order valence-corrected chi connectivity index (χ3v) is 4.98. The molecule has 0 aliphatic carbocycles. The van der Waals surface area contributed by atoms with Crippen LogP contribution in [-0.2, 0) is 0 Å². The van der Waals surface area contributed by atoms with E-state index in [2.05, 4.69) is 52.6 Å². The van der Waals surface area contributed by atoms with Crippen LogP contribution < -0.4 is 10.2 Å². The van der Waals surface area contributed by atoms with Gasteiger partial charge in [0.1, 0.15) is 0 Å². The molecule has 0 spiro atoms. The molecular formula is C20H30N4O. The highest BCUT2D eigenvalue weighted by molar-refractivity contribution is 5.51. The molecule has 1 fully saturated rings. The Kier molecular flexibility index (Phi) is 6.10. The Morgan fingerprint density at radius 2 is 1.76 bits per heavy atom. The van der Waals surface area contributed by atoms with Gasteiger partial charge in [-0.25, -0.2) is 4.68 Å². The lowest BCUT2D eigenvalue weighted by Crippen LogP contribution is -2.42. The molecule has 5 nitrogen and oxygen atoms in total. The smallest absolute Gasteiger partial charge is 0.0650 e. The number of aliphatic hydroxyl groups is 1. The number of hydrogen-bond donors (Lipinski definition) is 2.